The van der Waals surface area contributed by atoms with Crippen molar-refractivity contribution in [1.82, 2.24) is 16.0 Å². The number of amides is 3. The minimum absolute atomic E-state index is 0.0155. The molecule has 4 N–H and O–H groups in total. The molecule has 0 aliphatic heterocycles. The van der Waals surface area contributed by atoms with Crippen LogP contribution in [0, 0.1) is 5.92 Å². The van der Waals surface area contributed by atoms with Gasteiger partial charge in [0.05, 0.1) is 5.92 Å². The molecule has 0 bridgehead atoms. The molecule has 0 radical (unpaired) electrons. The Hall–Kier alpha value is -1.79. The fourth-order valence-electron chi connectivity index (χ4n) is 0.863. The molecule has 0 aromatic carbocycles. The van der Waals surface area contributed by atoms with E-state index in [0.29, 0.717) is 0 Å². The van der Waals surface area contributed by atoms with E-state index in [1.54, 1.807) is 0 Å². The van der Waals surface area contributed by atoms with E-state index in [-0.39, 0.29) is 12.5 Å². The second kappa shape index (κ2) is 6.65. The summed E-state index contributed by atoms with van der Waals surface area (Å²) in [4.78, 5) is 32.7. The maximum absolute atomic E-state index is 11.2. The van der Waals surface area contributed by atoms with Gasteiger partial charge in [0.2, 0.25) is 5.91 Å². The van der Waals surface area contributed by atoms with Crippen LogP contribution in [-0.4, -0.2) is 42.6 Å². The second-order valence-corrected chi connectivity index (χ2v) is 3.43. The standard InChI is InChI=1S/C9H17N3O4/c1-5(8(14)15)4-11-9(16)12-6(2)7(13)10-3/h5-6H,4H2,1-3H3,(H,10,13)(H,14,15)(H2,11,12,16). The number of aliphatic carboxylic acids is 1. The summed E-state index contributed by atoms with van der Waals surface area (Å²) in [6.07, 6.45) is 0. The Kier molecular flexibility index (Phi) is 5.91. The van der Waals surface area contributed by atoms with Crippen LogP contribution < -0.4 is 16.0 Å². The minimum Gasteiger partial charge on any atom is -0.481 e. The monoisotopic (exact) mass is 231 g/mol. The lowest BCUT2D eigenvalue weighted by Crippen LogP contribution is -2.48. The van der Waals surface area contributed by atoms with Crippen LogP contribution in [0.15, 0.2) is 0 Å². The van der Waals surface area contributed by atoms with Crippen LogP contribution >= 0.6 is 0 Å². The van der Waals surface area contributed by atoms with Gasteiger partial charge in [0.1, 0.15) is 6.04 Å². The highest BCUT2D eigenvalue weighted by molar-refractivity contribution is 5.86. The lowest BCUT2D eigenvalue weighted by atomic mass is 10.2. The summed E-state index contributed by atoms with van der Waals surface area (Å²) in [5.74, 6) is -1.97. The Labute approximate surface area is 93.6 Å². The maximum Gasteiger partial charge on any atom is 0.315 e. The molecule has 92 valence electrons. The third-order valence-electron chi connectivity index (χ3n) is 1.98. The van der Waals surface area contributed by atoms with Crippen LogP contribution in [0.25, 0.3) is 0 Å². The predicted octanol–water partition coefficient (Wildman–Crippen LogP) is -0.859. The third kappa shape index (κ3) is 5.18. The number of carboxylic acids is 1. The number of hydrogen-bond donors (Lipinski definition) is 4. The number of hydrogen-bond acceptors (Lipinski definition) is 3. The molecule has 0 aliphatic rings. The highest BCUT2D eigenvalue weighted by atomic mass is 16.4. The first-order valence-electron chi connectivity index (χ1n) is 4.87. The quantitative estimate of drug-likeness (QED) is 0.494. The first-order chi connectivity index (χ1) is 7.38. The number of likely N-dealkylation sites (N-methyl/N-ethyl adjacent to an activating group) is 1. The normalized spacial score (nSPS) is 13.4. The molecule has 2 unspecified atom stereocenters. The van der Waals surface area contributed by atoms with E-state index in [1.165, 1.54) is 20.9 Å². The molecule has 0 aliphatic carbocycles. The highest BCUT2D eigenvalue weighted by Gasteiger charge is 2.15. The smallest absolute Gasteiger partial charge is 0.315 e. The Morgan fingerprint density at radius 3 is 2.25 bits per heavy atom. The van der Waals surface area contributed by atoms with E-state index in [2.05, 4.69) is 16.0 Å². The van der Waals surface area contributed by atoms with Crippen molar-refractivity contribution in [3.8, 4) is 0 Å². The molecular formula is C9H17N3O4. The SMILES string of the molecule is CNC(=O)C(C)NC(=O)NCC(C)C(=O)O. The van der Waals surface area contributed by atoms with Crippen molar-refractivity contribution < 1.29 is 19.5 Å². The largest absolute Gasteiger partial charge is 0.481 e. The van der Waals surface area contributed by atoms with Gasteiger partial charge in [-0.25, -0.2) is 4.79 Å². The number of carbonyl (C=O) groups excluding carboxylic acids is 2. The summed E-state index contributed by atoms with van der Waals surface area (Å²) in [5.41, 5.74) is 0. The van der Waals surface area contributed by atoms with Gasteiger partial charge in [-0.15, -0.1) is 0 Å². The Morgan fingerprint density at radius 1 is 1.25 bits per heavy atom. The Balaban J connectivity index is 3.91. The molecule has 7 heteroatoms. The van der Waals surface area contributed by atoms with E-state index in [0.717, 1.165) is 0 Å². The molecule has 0 rings (SSSR count). The molecule has 7 nitrogen and oxygen atoms in total. The number of nitrogens with one attached hydrogen (secondary N) is 3. The van der Waals surface area contributed by atoms with E-state index in [4.69, 9.17) is 5.11 Å². The van der Waals surface area contributed by atoms with E-state index < -0.39 is 24.0 Å². The Bertz CT molecular complexity index is 280. The molecule has 0 saturated heterocycles. The summed E-state index contributed by atoms with van der Waals surface area (Å²) >= 11 is 0. The zero-order valence-electron chi connectivity index (χ0n) is 9.53. The fraction of sp³-hybridized carbons (Fsp3) is 0.667. The summed E-state index contributed by atoms with van der Waals surface area (Å²) in [7, 11) is 1.46. The van der Waals surface area contributed by atoms with Gasteiger partial charge in [0.25, 0.3) is 0 Å². The van der Waals surface area contributed by atoms with Crippen LogP contribution in [-0.2, 0) is 9.59 Å². The molecule has 0 aromatic heterocycles. The molecule has 3 amide bonds. The number of urea groups is 1. The molecule has 16 heavy (non-hydrogen) atoms. The summed E-state index contributed by atoms with van der Waals surface area (Å²) in [6, 6.07) is -1.23. The zero-order valence-corrected chi connectivity index (χ0v) is 9.53. The molecule has 0 aromatic rings. The fourth-order valence-corrected chi connectivity index (χ4v) is 0.863. The van der Waals surface area contributed by atoms with Crippen LogP contribution in [0.4, 0.5) is 4.79 Å². The van der Waals surface area contributed by atoms with Gasteiger partial charge in [-0.1, -0.05) is 6.92 Å². The van der Waals surface area contributed by atoms with Gasteiger partial charge in [0, 0.05) is 13.6 Å². The number of rotatable bonds is 5. The van der Waals surface area contributed by atoms with Crippen LogP contribution in [0.2, 0.25) is 0 Å². The lowest BCUT2D eigenvalue weighted by Gasteiger charge is -2.14. The van der Waals surface area contributed by atoms with Gasteiger partial charge in [-0.2, -0.15) is 0 Å². The zero-order chi connectivity index (χ0) is 12.7. The van der Waals surface area contributed by atoms with Crippen LogP contribution in [0.3, 0.4) is 0 Å². The topological polar surface area (TPSA) is 108 Å². The predicted molar refractivity (Wildman–Crippen MR) is 56.9 cm³/mol. The molecule has 0 heterocycles. The molecule has 0 saturated carbocycles. The summed E-state index contributed by atoms with van der Waals surface area (Å²) < 4.78 is 0. The lowest BCUT2D eigenvalue weighted by molar-refractivity contribution is -0.140. The van der Waals surface area contributed by atoms with Crippen LogP contribution in [0.5, 0.6) is 0 Å². The summed E-state index contributed by atoms with van der Waals surface area (Å²) in [6.45, 7) is 3.02. The van der Waals surface area contributed by atoms with Gasteiger partial charge in [-0.3, -0.25) is 9.59 Å². The van der Waals surface area contributed by atoms with Crippen molar-refractivity contribution in [3.05, 3.63) is 0 Å². The van der Waals surface area contributed by atoms with E-state index >= 15 is 0 Å². The molecular weight excluding hydrogens is 214 g/mol. The van der Waals surface area contributed by atoms with Gasteiger partial charge in [0.15, 0.2) is 0 Å². The average molecular weight is 231 g/mol. The number of carboxylic acid groups (broad SMARTS) is 1. The van der Waals surface area contributed by atoms with E-state index in [1.807, 2.05) is 0 Å². The minimum atomic E-state index is -0.986. The molecule has 0 spiro atoms. The molecule has 0 fully saturated rings. The van der Waals surface area contributed by atoms with E-state index in [9.17, 15) is 14.4 Å². The van der Waals surface area contributed by atoms with Crippen molar-refractivity contribution in [2.75, 3.05) is 13.6 Å². The number of carbonyl (C=O) groups is 3. The van der Waals surface area contributed by atoms with Gasteiger partial charge < -0.3 is 21.1 Å². The van der Waals surface area contributed by atoms with Crippen molar-refractivity contribution in [2.24, 2.45) is 5.92 Å². The second-order valence-electron chi connectivity index (χ2n) is 3.43. The van der Waals surface area contributed by atoms with Crippen LogP contribution in [0.1, 0.15) is 13.8 Å². The van der Waals surface area contributed by atoms with Crippen molar-refractivity contribution >= 4 is 17.9 Å². The van der Waals surface area contributed by atoms with Crippen molar-refractivity contribution in [3.63, 3.8) is 0 Å². The summed E-state index contributed by atoms with van der Waals surface area (Å²) in [5, 5.41) is 15.7. The van der Waals surface area contributed by atoms with Crippen molar-refractivity contribution in [1.29, 1.82) is 0 Å². The highest BCUT2D eigenvalue weighted by Crippen LogP contribution is 1.91. The Morgan fingerprint density at radius 2 is 1.81 bits per heavy atom. The third-order valence-corrected chi connectivity index (χ3v) is 1.98. The van der Waals surface area contributed by atoms with Gasteiger partial charge >= 0.3 is 12.0 Å². The first kappa shape index (κ1) is 14.2. The van der Waals surface area contributed by atoms with Gasteiger partial charge in [-0.05, 0) is 6.92 Å². The average Bonchev–Trinajstić information content (AvgIpc) is 2.24. The van der Waals surface area contributed by atoms with Crippen molar-refractivity contribution in [2.45, 2.75) is 19.9 Å². The maximum atomic E-state index is 11.2. The first-order valence-corrected chi connectivity index (χ1v) is 4.87. The molecule has 2 atom stereocenters.